The van der Waals surface area contributed by atoms with Crippen molar-refractivity contribution in [3.63, 3.8) is 0 Å². The number of halogens is 3. The Balaban J connectivity index is 1.46. The summed E-state index contributed by atoms with van der Waals surface area (Å²) in [7, 11) is 0. The molecule has 0 bridgehead atoms. The van der Waals surface area contributed by atoms with E-state index in [1.165, 1.54) is 40.0 Å². The lowest BCUT2D eigenvalue weighted by Gasteiger charge is -2.08. The summed E-state index contributed by atoms with van der Waals surface area (Å²) in [6.07, 6.45) is 2.79. The van der Waals surface area contributed by atoms with Gasteiger partial charge in [-0.15, -0.1) is 0 Å². The molecule has 0 saturated heterocycles. The molecule has 0 fully saturated rings. The topological polar surface area (TPSA) is 81.8 Å². The summed E-state index contributed by atoms with van der Waals surface area (Å²) in [5, 5.41) is 7.17. The molecular weight excluding hydrogens is 428 g/mol. The summed E-state index contributed by atoms with van der Waals surface area (Å²) < 4.78 is 29.4. The molecule has 7 nitrogen and oxygen atoms in total. The van der Waals surface area contributed by atoms with E-state index in [-0.39, 0.29) is 41.6 Å². The minimum Gasteiger partial charge on any atom is -0.350 e. The largest absolute Gasteiger partial charge is 0.350 e. The fourth-order valence-electron chi connectivity index (χ4n) is 3.15. The molecular formula is C21H16ClF2N5O2. The molecule has 0 saturated carbocycles. The number of hydrogen-bond acceptors (Lipinski definition) is 4. The molecule has 0 spiro atoms. The number of nitrogens with one attached hydrogen (secondary N) is 1. The van der Waals surface area contributed by atoms with E-state index in [1.807, 2.05) is 0 Å². The molecule has 0 aliphatic carbocycles. The van der Waals surface area contributed by atoms with Crippen molar-refractivity contribution in [1.29, 1.82) is 0 Å². The van der Waals surface area contributed by atoms with Gasteiger partial charge in [0.2, 0.25) is 0 Å². The first-order valence-corrected chi connectivity index (χ1v) is 9.69. The van der Waals surface area contributed by atoms with Gasteiger partial charge < -0.3 is 5.32 Å². The van der Waals surface area contributed by atoms with Crippen molar-refractivity contribution < 1.29 is 13.6 Å². The highest BCUT2D eigenvalue weighted by molar-refractivity contribution is 6.33. The molecule has 31 heavy (non-hydrogen) atoms. The van der Waals surface area contributed by atoms with E-state index >= 15 is 0 Å². The van der Waals surface area contributed by atoms with Crippen LogP contribution in [0.3, 0.4) is 0 Å². The Morgan fingerprint density at radius 2 is 1.94 bits per heavy atom. The first-order chi connectivity index (χ1) is 14.9. The molecule has 158 valence electrons. The monoisotopic (exact) mass is 443 g/mol. The van der Waals surface area contributed by atoms with Gasteiger partial charge in [-0.1, -0.05) is 23.7 Å². The molecule has 1 amide bonds. The zero-order valence-electron chi connectivity index (χ0n) is 16.1. The number of carbonyl (C=O) groups is 1. The van der Waals surface area contributed by atoms with Gasteiger partial charge in [-0.3, -0.25) is 14.2 Å². The SMILES string of the molecule is O=C(NCCn1ncc2c(=O)n(Cc3cccc(F)c3)cnc21)c1ccc(F)cc1Cl. The van der Waals surface area contributed by atoms with Gasteiger partial charge >= 0.3 is 0 Å². The Hall–Kier alpha value is -3.59. The average Bonchev–Trinajstić information content (AvgIpc) is 3.14. The second kappa shape index (κ2) is 8.65. The lowest BCUT2D eigenvalue weighted by molar-refractivity contribution is 0.0952. The molecule has 10 heteroatoms. The number of hydrogen-bond donors (Lipinski definition) is 1. The van der Waals surface area contributed by atoms with Gasteiger partial charge in [-0.05, 0) is 35.9 Å². The zero-order chi connectivity index (χ0) is 22.0. The van der Waals surface area contributed by atoms with Gasteiger partial charge in [0.15, 0.2) is 5.65 Å². The van der Waals surface area contributed by atoms with E-state index in [2.05, 4.69) is 15.4 Å². The minimum atomic E-state index is -0.529. The Morgan fingerprint density at radius 3 is 2.71 bits per heavy atom. The van der Waals surface area contributed by atoms with Crippen LogP contribution in [0.1, 0.15) is 15.9 Å². The van der Waals surface area contributed by atoms with Gasteiger partial charge in [-0.25, -0.2) is 18.4 Å². The predicted molar refractivity (Wildman–Crippen MR) is 111 cm³/mol. The van der Waals surface area contributed by atoms with Crippen LogP contribution in [-0.4, -0.2) is 31.8 Å². The van der Waals surface area contributed by atoms with Crippen LogP contribution in [0, 0.1) is 11.6 Å². The standard InChI is InChI=1S/C21H16ClF2N5O2/c22-18-9-15(24)4-5-16(18)20(30)25-6-7-29-19-17(10-27-29)21(31)28(12-26-19)11-13-2-1-3-14(23)8-13/h1-5,8-10,12H,6-7,11H2,(H,25,30). The van der Waals surface area contributed by atoms with Crippen molar-refractivity contribution in [2.24, 2.45) is 0 Å². The lowest BCUT2D eigenvalue weighted by atomic mass is 10.2. The molecule has 0 unspecified atom stereocenters. The summed E-state index contributed by atoms with van der Waals surface area (Å²) in [4.78, 5) is 29.2. The Kier molecular flexibility index (Phi) is 5.77. The van der Waals surface area contributed by atoms with Crippen LogP contribution >= 0.6 is 11.6 Å². The summed E-state index contributed by atoms with van der Waals surface area (Å²) in [6.45, 7) is 0.630. The summed E-state index contributed by atoms with van der Waals surface area (Å²) in [5.41, 5.74) is 0.863. The number of aromatic nitrogens is 4. The second-order valence-electron chi connectivity index (χ2n) is 6.79. The Morgan fingerprint density at radius 1 is 1.13 bits per heavy atom. The molecule has 2 aromatic carbocycles. The number of amides is 1. The summed E-state index contributed by atoms with van der Waals surface area (Å²) >= 11 is 5.89. The molecule has 0 aliphatic heterocycles. The van der Waals surface area contributed by atoms with Crippen LogP contribution in [0.2, 0.25) is 5.02 Å². The Bertz CT molecular complexity index is 1340. The van der Waals surface area contributed by atoms with Crippen LogP contribution in [0.4, 0.5) is 8.78 Å². The van der Waals surface area contributed by atoms with E-state index in [4.69, 9.17) is 11.6 Å². The van der Waals surface area contributed by atoms with Crippen molar-refractivity contribution in [1.82, 2.24) is 24.6 Å². The van der Waals surface area contributed by atoms with E-state index in [1.54, 1.807) is 12.1 Å². The summed E-state index contributed by atoms with van der Waals surface area (Å²) in [6, 6.07) is 9.51. The van der Waals surface area contributed by atoms with Crippen molar-refractivity contribution >= 4 is 28.5 Å². The van der Waals surface area contributed by atoms with E-state index in [0.717, 1.165) is 12.1 Å². The van der Waals surface area contributed by atoms with Crippen LogP contribution in [0.5, 0.6) is 0 Å². The molecule has 0 aliphatic rings. The molecule has 4 rings (SSSR count). The smallest absolute Gasteiger partial charge is 0.264 e. The van der Waals surface area contributed by atoms with Crippen molar-refractivity contribution in [3.8, 4) is 0 Å². The van der Waals surface area contributed by atoms with Crippen molar-refractivity contribution in [2.45, 2.75) is 13.1 Å². The molecule has 2 aromatic heterocycles. The summed E-state index contributed by atoms with van der Waals surface area (Å²) in [5.74, 6) is -1.36. The maximum atomic E-state index is 13.4. The molecule has 0 radical (unpaired) electrons. The van der Waals surface area contributed by atoms with Gasteiger partial charge in [0, 0.05) is 6.54 Å². The lowest BCUT2D eigenvalue weighted by Crippen LogP contribution is -2.28. The third-order valence-corrected chi connectivity index (χ3v) is 4.96. The zero-order valence-corrected chi connectivity index (χ0v) is 16.8. The fraction of sp³-hybridized carbons (Fsp3) is 0.143. The van der Waals surface area contributed by atoms with Crippen molar-refractivity contribution in [3.05, 3.63) is 93.1 Å². The van der Waals surface area contributed by atoms with E-state index in [9.17, 15) is 18.4 Å². The van der Waals surface area contributed by atoms with Gasteiger partial charge in [0.25, 0.3) is 11.5 Å². The number of fused-ring (bicyclic) bond motifs is 1. The molecule has 0 atom stereocenters. The van der Waals surface area contributed by atoms with Crippen LogP contribution < -0.4 is 10.9 Å². The Labute approximate surface area is 179 Å². The van der Waals surface area contributed by atoms with E-state index in [0.29, 0.717) is 16.6 Å². The fourth-order valence-corrected chi connectivity index (χ4v) is 3.40. The quantitative estimate of drug-likeness (QED) is 0.496. The number of rotatable bonds is 6. The highest BCUT2D eigenvalue weighted by Gasteiger charge is 2.13. The molecule has 4 aromatic rings. The highest BCUT2D eigenvalue weighted by atomic mass is 35.5. The van der Waals surface area contributed by atoms with Crippen LogP contribution in [-0.2, 0) is 13.1 Å². The first-order valence-electron chi connectivity index (χ1n) is 9.31. The maximum Gasteiger partial charge on any atom is 0.264 e. The molecule has 1 N–H and O–H groups in total. The van der Waals surface area contributed by atoms with Crippen molar-refractivity contribution in [2.75, 3.05) is 6.54 Å². The van der Waals surface area contributed by atoms with Gasteiger partial charge in [-0.2, -0.15) is 5.10 Å². The molecule has 2 heterocycles. The van der Waals surface area contributed by atoms with E-state index < -0.39 is 11.7 Å². The minimum absolute atomic E-state index is 0.0163. The van der Waals surface area contributed by atoms with Gasteiger partial charge in [0.05, 0.1) is 29.9 Å². The third kappa shape index (κ3) is 4.46. The maximum absolute atomic E-state index is 13.4. The van der Waals surface area contributed by atoms with Crippen LogP contribution in [0.25, 0.3) is 11.0 Å². The van der Waals surface area contributed by atoms with Crippen LogP contribution in [0.15, 0.2) is 59.8 Å². The second-order valence-corrected chi connectivity index (χ2v) is 7.20. The predicted octanol–water partition coefficient (Wildman–Crippen LogP) is 3.00. The normalized spacial score (nSPS) is 11.1. The number of nitrogens with zero attached hydrogens (tertiary/aromatic N) is 4. The number of carbonyl (C=O) groups excluding carboxylic acids is 1. The van der Waals surface area contributed by atoms with Gasteiger partial charge in [0.1, 0.15) is 23.3 Å². The number of benzene rings is 2. The third-order valence-electron chi connectivity index (χ3n) is 4.65. The highest BCUT2D eigenvalue weighted by Crippen LogP contribution is 2.17. The average molecular weight is 444 g/mol. The first kappa shape index (κ1) is 20.7.